The zero-order chi connectivity index (χ0) is 11.9. The van der Waals surface area contributed by atoms with E-state index in [-0.39, 0.29) is 5.58 Å². The molecule has 0 unspecified atom stereocenters. The first-order chi connectivity index (χ1) is 7.38. The number of hydrogen-bond acceptors (Lipinski definition) is 2. The number of hydrogen-bond donors (Lipinski definition) is 0. The third-order valence-electron chi connectivity index (χ3n) is 2.15. The molecule has 0 fully saturated rings. The van der Waals surface area contributed by atoms with Gasteiger partial charge in [-0.3, -0.25) is 4.79 Å². The predicted molar refractivity (Wildman–Crippen MR) is 51.3 cm³/mol. The summed E-state index contributed by atoms with van der Waals surface area (Å²) in [6.45, 7) is 1.80. The van der Waals surface area contributed by atoms with Gasteiger partial charge < -0.3 is 4.42 Å². The number of alkyl halides is 3. The van der Waals surface area contributed by atoms with Gasteiger partial charge in [0.15, 0.2) is 5.76 Å². The van der Waals surface area contributed by atoms with Crippen LogP contribution < -0.4 is 0 Å². The Balaban J connectivity index is 2.52. The van der Waals surface area contributed by atoms with E-state index in [9.17, 15) is 18.0 Å². The van der Waals surface area contributed by atoms with Crippen molar-refractivity contribution in [1.29, 1.82) is 0 Å². The fraction of sp³-hybridized carbons (Fsp3) is 0.182. The minimum absolute atomic E-state index is 0.276. The van der Waals surface area contributed by atoms with E-state index in [4.69, 9.17) is 4.42 Å². The number of fused-ring (bicyclic) bond motifs is 1. The van der Waals surface area contributed by atoms with E-state index in [0.29, 0.717) is 5.39 Å². The van der Waals surface area contributed by atoms with E-state index in [0.717, 1.165) is 11.6 Å². The second-order valence-corrected chi connectivity index (χ2v) is 3.48. The second-order valence-electron chi connectivity index (χ2n) is 3.48. The Hall–Kier alpha value is -1.78. The SMILES string of the molecule is Cc1ccc2oc(C(=O)C(F)(F)F)cc2c1. The number of Topliss-reactive ketones (excluding diaryl/α,β-unsaturated/α-hetero) is 1. The van der Waals surface area contributed by atoms with Crippen LogP contribution in [0.4, 0.5) is 13.2 Å². The van der Waals surface area contributed by atoms with Crippen LogP contribution in [0.2, 0.25) is 0 Å². The van der Waals surface area contributed by atoms with Gasteiger partial charge in [0.1, 0.15) is 5.58 Å². The van der Waals surface area contributed by atoms with Gasteiger partial charge in [-0.15, -0.1) is 0 Å². The average Bonchev–Trinajstić information content (AvgIpc) is 2.57. The van der Waals surface area contributed by atoms with Crippen molar-refractivity contribution in [2.24, 2.45) is 0 Å². The van der Waals surface area contributed by atoms with E-state index < -0.39 is 17.7 Å². The van der Waals surface area contributed by atoms with Crippen molar-refractivity contribution in [2.45, 2.75) is 13.1 Å². The number of benzene rings is 1. The summed E-state index contributed by atoms with van der Waals surface area (Å²) < 4.78 is 41.2. The van der Waals surface area contributed by atoms with Crippen LogP contribution >= 0.6 is 0 Å². The summed E-state index contributed by atoms with van der Waals surface area (Å²) in [5.74, 6) is -2.63. The lowest BCUT2D eigenvalue weighted by atomic mass is 10.2. The predicted octanol–water partition coefficient (Wildman–Crippen LogP) is 3.49. The minimum Gasteiger partial charge on any atom is -0.453 e. The Morgan fingerprint density at radius 3 is 2.56 bits per heavy atom. The quantitative estimate of drug-likeness (QED) is 0.699. The first-order valence-corrected chi connectivity index (χ1v) is 4.49. The second kappa shape index (κ2) is 3.37. The largest absolute Gasteiger partial charge is 0.458 e. The van der Waals surface area contributed by atoms with Gasteiger partial charge in [-0.25, -0.2) is 0 Å². The van der Waals surface area contributed by atoms with Gasteiger partial charge in [-0.1, -0.05) is 11.6 Å². The first-order valence-electron chi connectivity index (χ1n) is 4.49. The summed E-state index contributed by atoms with van der Waals surface area (Å²) in [5.41, 5.74) is 1.16. The van der Waals surface area contributed by atoms with Crippen LogP contribution in [0.1, 0.15) is 16.1 Å². The Kier molecular flexibility index (Phi) is 2.26. The maximum absolute atomic E-state index is 12.1. The summed E-state index contributed by atoms with van der Waals surface area (Å²) >= 11 is 0. The first kappa shape index (κ1) is 10.7. The van der Waals surface area contributed by atoms with Crippen LogP contribution in [0, 0.1) is 6.92 Å². The molecule has 0 amide bonds. The highest BCUT2D eigenvalue weighted by atomic mass is 19.4. The van der Waals surface area contributed by atoms with Crippen LogP contribution in [0.3, 0.4) is 0 Å². The van der Waals surface area contributed by atoms with Crippen molar-refractivity contribution < 1.29 is 22.4 Å². The van der Waals surface area contributed by atoms with E-state index in [2.05, 4.69) is 0 Å². The van der Waals surface area contributed by atoms with E-state index >= 15 is 0 Å². The van der Waals surface area contributed by atoms with Gasteiger partial charge in [-0.2, -0.15) is 13.2 Å². The smallest absolute Gasteiger partial charge is 0.453 e. The molecule has 2 aromatic rings. The molecule has 0 saturated carbocycles. The van der Waals surface area contributed by atoms with Crippen molar-refractivity contribution in [3.63, 3.8) is 0 Å². The summed E-state index contributed by atoms with van der Waals surface area (Å²) in [4.78, 5) is 10.9. The maximum Gasteiger partial charge on any atom is 0.458 e. The average molecular weight is 228 g/mol. The van der Waals surface area contributed by atoms with Crippen LogP contribution in [-0.2, 0) is 0 Å². The monoisotopic (exact) mass is 228 g/mol. The molecule has 2 rings (SSSR count). The van der Waals surface area contributed by atoms with Gasteiger partial charge in [0.05, 0.1) is 0 Å². The topological polar surface area (TPSA) is 30.2 Å². The minimum atomic E-state index is -4.90. The fourth-order valence-electron chi connectivity index (χ4n) is 1.41. The molecule has 0 aliphatic rings. The van der Waals surface area contributed by atoms with Crippen molar-refractivity contribution in [1.82, 2.24) is 0 Å². The molecule has 0 spiro atoms. The lowest BCUT2D eigenvalue weighted by Gasteiger charge is -2.00. The van der Waals surface area contributed by atoms with E-state index in [1.165, 1.54) is 6.07 Å². The molecule has 1 aromatic carbocycles. The van der Waals surface area contributed by atoms with Crippen LogP contribution in [0.5, 0.6) is 0 Å². The molecule has 84 valence electrons. The summed E-state index contributed by atoms with van der Waals surface area (Å²) in [7, 11) is 0. The molecule has 2 nitrogen and oxygen atoms in total. The molecule has 5 heteroatoms. The Labute approximate surface area is 88.7 Å². The third kappa shape index (κ3) is 1.80. The summed E-state index contributed by atoms with van der Waals surface area (Å²) in [6, 6.07) is 6.01. The number of rotatable bonds is 1. The lowest BCUT2D eigenvalue weighted by molar-refractivity contribution is -0.0898. The van der Waals surface area contributed by atoms with Crippen molar-refractivity contribution >= 4 is 16.8 Å². The molecule has 0 atom stereocenters. The Bertz CT molecular complexity index is 552. The molecular weight excluding hydrogens is 221 g/mol. The standard InChI is InChI=1S/C11H7F3O2/c1-6-2-3-8-7(4-6)5-9(16-8)10(15)11(12,13)14/h2-5H,1H3. The van der Waals surface area contributed by atoms with Crippen molar-refractivity contribution in [2.75, 3.05) is 0 Å². The highest BCUT2D eigenvalue weighted by Crippen LogP contribution is 2.26. The third-order valence-corrected chi connectivity index (χ3v) is 2.15. The zero-order valence-electron chi connectivity index (χ0n) is 8.26. The number of halogens is 3. The molecule has 1 aromatic heterocycles. The molecular formula is C11H7F3O2. The van der Waals surface area contributed by atoms with Gasteiger partial charge in [0, 0.05) is 5.39 Å². The normalized spacial score (nSPS) is 12.0. The molecule has 16 heavy (non-hydrogen) atoms. The molecule has 0 radical (unpaired) electrons. The van der Waals surface area contributed by atoms with Gasteiger partial charge >= 0.3 is 12.0 Å². The van der Waals surface area contributed by atoms with Crippen molar-refractivity contribution in [3.8, 4) is 0 Å². The van der Waals surface area contributed by atoms with Gasteiger partial charge in [0.25, 0.3) is 0 Å². The summed E-state index contributed by atoms with van der Waals surface area (Å²) in [5, 5.41) is 0.493. The van der Waals surface area contributed by atoms with Crippen LogP contribution in [0.15, 0.2) is 28.7 Å². The van der Waals surface area contributed by atoms with E-state index in [1.807, 2.05) is 0 Å². The van der Waals surface area contributed by atoms with Crippen molar-refractivity contribution in [3.05, 3.63) is 35.6 Å². The molecule has 0 bridgehead atoms. The molecule has 0 saturated heterocycles. The summed E-state index contributed by atoms with van der Waals surface area (Å²) in [6.07, 6.45) is -4.90. The van der Waals surface area contributed by atoms with Crippen LogP contribution in [-0.4, -0.2) is 12.0 Å². The molecule has 1 heterocycles. The Morgan fingerprint density at radius 1 is 1.25 bits per heavy atom. The Morgan fingerprint density at radius 2 is 1.94 bits per heavy atom. The van der Waals surface area contributed by atoms with Gasteiger partial charge in [-0.05, 0) is 25.1 Å². The number of ketones is 1. The number of carbonyl (C=O) groups is 1. The number of furan rings is 1. The highest BCUT2D eigenvalue weighted by molar-refractivity contribution is 6.01. The number of carbonyl (C=O) groups excluding carboxylic acids is 1. The zero-order valence-corrected chi connectivity index (χ0v) is 8.26. The molecule has 0 aliphatic heterocycles. The lowest BCUT2D eigenvalue weighted by Crippen LogP contribution is -2.21. The number of aryl methyl sites for hydroxylation is 1. The maximum atomic E-state index is 12.1. The van der Waals surface area contributed by atoms with E-state index in [1.54, 1.807) is 19.1 Å². The fourth-order valence-corrected chi connectivity index (χ4v) is 1.41. The highest BCUT2D eigenvalue weighted by Gasteiger charge is 2.41. The van der Waals surface area contributed by atoms with Crippen LogP contribution in [0.25, 0.3) is 11.0 Å². The molecule has 0 aliphatic carbocycles. The van der Waals surface area contributed by atoms with Gasteiger partial charge in [0.2, 0.25) is 0 Å². The molecule has 0 N–H and O–H groups in total.